The van der Waals surface area contributed by atoms with E-state index in [1.807, 2.05) is 31.2 Å². The lowest BCUT2D eigenvalue weighted by Gasteiger charge is -2.04. The normalized spacial score (nSPS) is 12.1. The molecule has 0 amide bonds. The highest BCUT2D eigenvalue weighted by Crippen LogP contribution is 2.10. The van der Waals surface area contributed by atoms with E-state index in [1.54, 1.807) is 0 Å². The molecule has 0 atom stereocenters. The summed E-state index contributed by atoms with van der Waals surface area (Å²) in [5.41, 5.74) is 1.72. The molecule has 2 N–H and O–H groups in total. The summed E-state index contributed by atoms with van der Waals surface area (Å²) < 4.78 is 30.8. The zero-order chi connectivity index (χ0) is 13.7. The molecule has 6 nitrogen and oxygen atoms in total. The maximum Gasteiger partial charge on any atom is 0.214 e. The van der Waals surface area contributed by atoms with Gasteiger partial charge in [-0.15, -0.1) is 0 Å². The van der Waals surface area contributed by atoms with Crippen LogP contribution in [0.5, 0.6) is 0 Å². The Morgan fingerprint density at radius 2 is 2.16 bits per heavy atom. The maximum atomic E-state index is 11.7. The Bertz CT molecular complexity index is 603. The largest absolute Gasteiger partial charge is 0.381 e. The van der Waals surface area contributed by atoms with Gasteiger partial charge in [0, 0.05) is 6.61 Å². The molecule has 1 heterocycles. The van der Waals surface area contributed by atoms with Gasteiger partial charge in [0.25, 0.3) is 0 Å². The van der Waals surface area contributed by atoms with E-state index in [2.05, 4.69) is 14.7 Å². The zero-order valence-corrected chi connectivity index (χ0v) is 11.5. The Kier molecular flexibility index (Phi) is 4.52. The molecule has 0 bridgehead atoms. The number of aromatic amines is 1. The van der Waals surface area contributed by atoms with E-state index in [1.165, 1.54) is 0 Å². The van der Waals surface area contributed by atoms with Crippen LogP contribution in [0.4, 0.5) is 0 Å². The fourth-order valence-electron chi connectivity index (χ4n) is 1.65. The Hall–Kier alpha value is -1.44. The molecule has 0 aliphatic rings. The van der Waals surface area contributed by atoms with Gasteiger partial charge in [-0.25, -0.2) is 18.1 Å². The third-order valence-electron chi connectivity index (χ3n) is 2.60. The molecule has 0 aliphatic carbocycles. The summed E-state index contributed by atoms with van der Waals surface area (Å²) in [4.78, 5) is 7.36. The molecule has 0 saturated carbocycles. The predicted molar refractivity (Wildman–Crippen MR) is 73.2 cm³/mol. The van der Waals surface area contributed by atoms with Crippen molar-refractivity contribution in [2.75, 3.05) is 19.0 Å². The lowest BCUT2D eigenvalue weighted by Crippen LogP contribution is -2.28. The minimum Gasteiger partial charge on any atom is -0.381 e. The van der Waals surface area contributed by atoms with Crippen LogP contribution < -0.4 is 4.72 Å². The second kappa shape index (κ2) is 6.14. The number of hydrogen-bond acceptors (Lipinski definition) is 4. The Balaban J connectivity index is 1.94. The molecular weight excluding hydrogens is 266 g/mol. The molecule has 104 valence electrons. The minimum absolute atomic E-state index is 0.0406. The summed E-state index contributed by atoms with van der Waals surface area (Å²) in [6.45, 7) is 2.70. The number of sulfonamides is 1. The van der Waals surface area contributed by atoms with Gasteiger partial charge in [-0.05, 0) is 19.1 Å². The first-order chi connectivity index (χ1) is 9.11. The number of nitrogens with zero attached hydrogens (tertiary/aromatic N) is 1. The van der Waals surface area contributed by atoms with E-state index in [0.717, 1.165) is 11.0 Å². The molecule has 0 fully saturated rings. The summed E-state index contributed by atoms with van der Waals surface area (Å²) in [5.74, 6) is 0.558. The Morgan fingerprint density at radius 3 is 2.89 bits per heavy atom. The van der Waals surface area contributed by atoms with Crippen molar-refractivity contribution in [1.82, 2.24) is 14.7 Å². The van der Waals surface area contributed by atoms with Crippen molar-refractivity contribution in [3.8, 4) is 0 Å². The molecule has 0 aliphatic heterocycles. The molecule has 19 heavy (non-hydrogen) atoms. The van der Waals surface area contributed by atoms with Crippen LogP contribution in [0, 0.1) is 0 Å². The first-order valence-electron chi connectivity index (χ1n) is 6.09. The SMILES string of the molecule is CCOCCS(=O)(=O)NCc1nc2ccccc2[nH]1. The first-order valence-corrected chi connectivity index (χ1v) is 7.74. The van der Waals surface area contributed by atoms with Gasteiger partial charge in [0.15, 0.2) is 0 Å². The van der Waals surface area contributed by atoms with Gasteiger partial charge in [0.2, 0.25) is 10.0 Å². The standard InChI is InChI=1S/C12H17N3O3S/c1-2-18-7-8-19(16,17)13-9-12-14-10-5-3-4-6-11(10)15-12/h3-6,13H,2,7-9H2,1H3,(H,14,15). The summed E-state index contributed by atoms with van der Waals surface area (Å²) in [6.07, 6.45) is 0. The quantitative estimate of drug-likeness (QED) is 0.743. The summed E-state index contributed by atoms with van der Waals surface area (Å²) in [6, 6.07) is 7.56. The monoisotopic (exact) mass is 283 g/mol. The maximum absolute atomic E-state index is 11.7. The molecular formula is C12H17N3O3S. The van der Waals surface area contributed by atoms with Crippen molar-refractivity contribution in [1.29, 1.82) is 0 Å². The van der Waals surface area contributed by atoms with Crippen LogP contribution in [0.15, 0.2) is 24.3 Å². The number of nitrogens with one attached hydrogen (secondary N) is 2. The number of rotatable bonds is 7. The van der Waals surface area contributed by atoms with E-state index in [4.69, 9.17) is 4.74 Å². The summed E-state index contributed by atoms with van der Waals surface area (Å²) >= 11 is 0. The minimum atomic E-state index is -3.32. The zero-order valence-electron chi connectivity index (χ0n) is 10.7. The van der Waals surface area contributed by atoms with Gasteiger partial charge >= 0.3 is 0 Å². The van der Waals surface area contributed by atoms with Crippen LogP contribution in [-0.4, -0.2) is 37.4 Å². The van der Waals surface area contributed by atoms with Crippen molar-refractivity contribution >= 4 is 21.1 Å². The van der Waals surface area contributed by atoms with E-state index in [-0.39, 0.29) is 18.9 Å². The average molecular weight is 283 g/mol. The van der Waals surface area contributed by atoms with Crippen LogP contribution in [0.2, 0.25) is 0 Å². The van der Waals surface area contributed by atoms with Gasteiger partial charge in [-0.3, -0.25) is 0 Å². The number of benzene rings is 1. The predicted octanol–water partition coefficient (Wildman–Crippen LogP) is 1.02. The van der Waals surface area contributed by atoms with Gasteiger partial charge in [0.05, 0.1) is 29.9 Å². The van der Waals surface area contributed by atoms with Gasteiger partial charge < -0.3 is 9.72 Å². The van der Waals surface area contributed by atoms with E-state index < -0.39 is 10.0 Å². The van der Waals surface area contributed by atoms with Crippen LogP contribution in [0.25, 0.3) is 11.0 Å². The van der Waals surface area contributed by atoms with Crippen molar-refractivity contribution in [2.24, 2.45) is 0 Å². The Morgan fingerprint density at radius 1 is 1.37 bits per heavy atom. The molecule has 0 spiro atoms. The smallest absolute Gasteiger partial charge is 0.214 e. The number of ether oxygens (including phenoxy) is 1. The highest BCUT2D eigenvalue weighted by atomic mass is 32.2. The third kappa shape index (κ3) is 4.02. The van der Waals surface area contributed by atoms with Gasteiger partial charge in [0.1, 0.15) is 5.82 Å². The molecule has 1 aromatic heterocycles. The number of H-pyrrole nitrogens is 1. The molecule has 2 rings (SSSR count). The second-order valence-corrected chi connectivity index (χ2v) is 5.96. The summed E-state index contributed by atoms with van der Waals surface area (Å²) in [7, 11) is -3.32. The highest BCUT2D eigenvalue weighted by molar-refractivity contribution is 7.89. The van der Waals surface area contributed by atoms with Crippen LogP contribution in [-0.2, 0) is 21.3 Å². The van der Waals surface area contributed by atoms with E-state index in [0.29, 0.717) is 12.4 Å². The molecule has 1 aromatic carbocycles. The van der Waals surface area contributed by atoms with Crippen molar-refractivity contribution in [3.63, 3.8) is 0 Å². The fourth-order valence-corrected chi connectivity index (χ4v) is 2.49. The average Bonchev–Trinajstić information content (AvgIpc) is 2.79. The molecule has 7 heteroatoms. The molecule has 0 radical (unpaired) electrons. The lowest BCUT2D eigenvalue weighted by atomic mass is 10.3. The topological polar surface area (TPSA) is 84.1 Å². The lowest BCUT2D eigenvalue weighted by molar-refractivity contribution is 0.163. The van der Waals surface area contributed by atoms with E-state index in [9.17, 15) is 8.42 Å². The van der Waals surface area contributed by atoms with Crippen LogP contribution >= 0.6 is 0 Å². The van der Waals surface area contributed by atoms with Crippen molar-refractivity contribution in [2.45, 2.75) is 13.5 Å². The third-order valence-corrected chi connectivity index (χ3v) is 3.89. The van der Waals surface area contributed by atoms with Gasteiger partial charge in [-0.2, -0.15) is 0 Å². The summed E-state index contributed by atoms with van der Waals surface area (Å²) in [5, 5.41) is 0. The van der Waals surface area contributed by atoms with Crippen LogP contribution in [0.1, 0.15) is 12.7 Å². The number of para-hydroxylation sites is 2. The number of imidazole rings is 1. The number of hydrogen-bond donors (Lipinski definition) is 2. The number of fused-ring (bicyclic) bond motifs is 1. The molecule has 0 saturated heterocycles. The number of aromatic nitrogens is 2. The fraction of sp³-hybridized carbons (Fsp3) is 0.417. The second-order valence-electron chi connectivity index (χ2n) is 4.04. The van der Waals surface area contributed by atoms with Crippen molar-refractivity contribution in [3.05, 3.63) is 30.1 Å². The highest BCUT2D eigenvalue weighted by Gasteiger charge is 2.11. The van der Waals surface area contributed by atoms with E-state index >= 15 is 0 Å². The van der Waals surface area contributed by atoms with Crippen molar-refractivity contribution < 1.29 is 13.2 Å². The first kappa shape index (κ1) is 14.0. The van der Waals surface area contributed by atoms with Gasteiger partial charge in [-0.1, -0.05) is 12.1 Å². The molecule has 0 unspecified atom stereocenters. The molecule has 2 aromatic rings. The Labute approximate surface area is 112 Å². The van der Waals surface area contributed by atoms with Crippen LogP contribution in [0.3, 0.4) is 0 Å².